The number of hydrogen-bond acceptors (Lipinski definition) is 4. The molecule has 1 rings (SSSR count). The number of methoxy groups -OCH3 is 1. The largest absolute Gasteiger partial charge is 0.493 e. The third-order valence-corrected chi connectivity index (χ3v) is 2.34. The zero-order valence-electron chi connectivity index (χ0n) is 11.9. The van der Waals surface area contributed by atoms with Gasteiger partial charge in [0.05, 0.1) is 7.11 Å². The van der Waals surface area contributed by atoms with E-state index in [4.69, 9.17) is 9.47 Å². The highest BCUT2D eigenvalue weighted by Gasteiger charge is 2.23. The van der Waals surface area contributed by atoms with E-state index < -0.39 is 23.6 Å². The molecule has 0 radical (unpaired) electrons. The number of aldehydes is 1. The fourth-order valence-electron chi connectivity index (χ4n) is 1.61. The number of alkyl carbamates (subject to hydrolysis) is 1. The molecule has 1 unspecified atom stereocenters. The molecule has 0 saturated carbocycles. The number of ether oxygens (including phenoxy) is 2. The molecule has 0 aromatic heterocycles. The van der Waals surface area contributed by atoms with Crippen LogP contribution >= 0.6 is 0 Å². The predicted octanol–water partition coefficient (Wildman–Crippen LogP) is 2.60. The lowest BCUT2D eigenvalue weighted by Gasteiger charge is -2.22. The van der Waals surface area contributed by atoms with Gasteiger partial charge in [0.2, 0.25) is 0 Å². The summed E-state index contributed by atoms with van der Waals surface area (Å²) in [5.41, 5.74) is -0.461. The summed E-state index contributed by atoms with van der Waals surface area (Å²) in [4.78, 5) is 22.8. The molecular weight excluding hydrogens is 265 g/mol. The van der Waals surface area contributed by atoms with Gasteiger partial charge in [-0.05, 0) is 26.8 Å². The topological polar surface area (TPSA) is 64.6 Å². The first kappa shape index (κ1) is 15.9. The minimum Gasteiger partial charge on any atom is -0.493 e. The van der Waals surface area contributed by atoms with Crippen molar-refractivity contribution in [3.63, 3.8) is 0 Å². The van der Waals surface area contributed by atoms with E-state index in [-0.39, 0.29) is 11.3 Å². The average molecular weight is 283 g/mol. The summed E-state index contributed by atoms with van der Waals surface area (Å²) in [6, 6.07) is 3.09. The van der Waals surface area contributed by atoms with Crippen LogP contribution in [0.5, 0.6) is 5.75 Å². The SMILES string of the molecule is COc1c(F)cccc1C(C=O)NC(=O)OC(C)(C)C. The van der Waals surface area contributed by atoms with Gasteiger partial charge in [0.25, 0.3) is 0 Å². The second kappa shape index (κ2) is 6.36. The number of hydrogen-bond donors (Lipinski definition) is 1. The molecule has 1 atom stereocenters. The van der Waals surface area contributed by atoms with Crippen molar-refractivity contribution >= 4 is 12.4 Å². The minimum absolute atomic E-state index is 0.0827. The van der Waals surface area contributed by atoms with Gasteiger partial charge in [0.15, 0.2) is 11.6 Å². The van der Waals surface area contributed by atoms with Gasteiger partial charge >= 0.3 is 6.09 Å². The fourth-order valence-corrected chi connectivity index (χ4v) is 1.61. The van der Waals surface area contributed by atoms with E-state index in [0.29, 0.717) is 6.29 Å². The summed E-state index contributed by atoms with van der Waals surface area (Å²) in [6.45, 7) is 5.10. The number of para-hydroxylation sites is 1. The standard InChI is InChI=1S/C14H18FNO4/c1-14(2,3)20-13(18)16-11(8-17)9-6-5-7-10(15)12(9)19-4/h5-8,11H,1-4H3,(H,16,18). The predicted molar refractivity (Wildman–Crippen MR) is 71.1 cm³/mol. The lowest BCUT2D eigenvalue weighted by atomic mass is 10.1. The van der Waals surface area contributed by atoms with E-state index in [2.05, 4.69) is 5.32 Å². The number of benzene rings is 1. The van der Waals surface area contributed by atoms with Gasteiger partial charge < -0.3 is 19.6 Å². The van der Waals surface area contributed by atoms with Gasteiger partial charge in [-0.2, -0.15) is 0 Å². The highest BCUT2D eigenvalue weighted by atomic mass is 19.1. The molecule has 0 aliphatic heterocycles. The van der Waals surface area contributed by atoms with Crippen LogP contribution in [0, 0.1) is 5.82 Å². The highest BCUT2D eigenvalue weighted by molar-refractivity contribution is 5.75. The molecule has 20 heavy (non-hydrogen) atoms. The highest BCUT2D eigenvalue weighted by Crippen LogP contribution is 2.27. The van der Waals surface area contributed by atoms with Gasteiger partial charge in [-0.1, -0.05) is 12.1 Å². The second-order valence-electron chi connectivity index (χ2n) is 5.12. The van der Waals surface area contributed by atoms with Crippen LogP contribution in [0.2, 0.25) is 0 Å². The van der Waals surface area contributed by atoms with Crippen molar-refractivity contribution < 1.29 is 23.5 Å². The minimum atomic E-state index is -1.05. The first-order chi connectivity index (χ1) is 9.28. The van der Waals surface area contributed by atoms with Gasteiger partial charge in [-0.25, -0.2) is 9.18 Å². The Morgan fingerprint density at radius 1 is 1.40 bits per heavy atom. The van der Waals surface area contributed by atoms with Crippen LogP contribution in [0.4, 0.5) is 9.18 Å². The van der Waals surface area contributed by atoms with Crippen molar-refractivity contribution in [3.05, 3.63) is 29.6 Å². The number of carbonyl (C=O) groups excluding carboxylic acids is 2. The molecule has 0 saturated heterocycles. The molecule has 6 heteroatoms. The van der Waals surface area contributed by atoms with Crippen molar-refractivity contribution in [1.29, 1.82) is 0 Å². The first-order valence-corrected chi connectivity index (χ1v) is 6.05. The van der Waals surface area contributed by atoms with E-state index in [9.17, 15) is 14.0 Å². The summed E-state index contributed by atoms with van der Waals surface area (Å²) in [6.07, 6.45) is -0.276. The maximum absolute atomic E-state index is 13.6. The molecule has 0 spiro atoms. The van der Waals surface area contributed by atoms with Crippen molar-refractivity contribution in [2.45, 2.75) is 32.4 Å². The molecule has 0 fully saturated rings. The molecule has 0 aliphatic rings. The van der Waals surface area contributed by atoms with Crippen LogP contribution in [0.1, 0.15) is 32.4 Å². The average Bonchev–Trinajstić information content (AvgIpc) is 2.33. The normalized spacial score (nSPS) is 12.4. The third-order valence-electron chi connectivity index (χ3n) is 2.34. The Balaban J connectivity index is 2.95. The molecular formula is C14H18FNO4. The Kier molecular flexibility index (Phi) is 5.07. The third kappa shape index (κ3) is 4.22. The number of nitrogens with one attached hydrogen (secondary N) is 1. The Morgan fingerprint density at radius 2 is 2.05 bits per heavy atom. The van der Waals surface area contributed by atoms with Crippen LogP contribution in [0.15, 0.2) is 18.2 Å². The Morgan fingerprint density at radius 3 is 2.55 bits per heavy atom. The molecule has 0 aliphatic carbocycles. The van der Waals surface area contributed by atoms with Gasteiger partial charge in [0, 0.05) is 5.56 Å². The van der Waals surface area contributed by atoms with E-state index in [0.717, 1.165) is 0 Å². The molecule has 110 valence electrons. The first-order valence-electron chi connectivity index (χ1n) is 6.05. The summed E-state index contributed by atoms with van der Waals surface area (Å²) in [5.74, 6) is -0.691. The van der Waals surface area contributed by atoms with E-state index in [1.165, 1.54) is 25.3 Å². The van der Waals surface area contributed by atoms with Crippen molar-refractivity contribution in [2.24, 2.45) is 0 Å². The summed E-state index contributed by atoms with van der Waals surface area (Å²) in [7, 11) is 1.29. The van der Waals surface area contributed by atoms with Gasteiger partial charge in [-0.15, -0.1) is 0 Å². The lowest BCUT2D eigenvalue weighted by molar-refractivity contribution is -0.109. The van der Waals surface area contributed by atoms with Gasteiger partial charge in [0.1, 0.15) is 17.9 Å². The molecule has 0 heterocycles. The zero-order valence-corrected chi connectivity index (χ0v) is 11.9. The maximum atomic E-state index is 13.6. The van der Waals surface area contributed by atoms with E-state index >= 15 is 0 Å². The molecule has 1 amide bonds. The van der Waals surface area contributed by atoms with Crippen molar-refractivity contribution in [1.82, 2.24) is 5.32 Å². The number of amides is 1. The zero-order chi connectivity index (χ0) is 15.3. The Bertz CT molecular complexity index is 496. The van der Waals surface area contributed by atoms with Crippen LogP contribution < -0.4 is 10.1 Å². The van der Waals surface area contributed by atoms with Crippen LogP contribution in [0.3, 0.4) is 0 Å². The summed E-state index contributed by atoms with van der Waals surface area (Å²) in [5, 5.41) is 2.37. The summed E-state index contributed by atoms with van der Waals surface area (Å²) >= 11 is 0. The number of rotatable bonds is 4. The second-order valence-corrected chi connectivity index (χ2v) is 5.12. The van der Waals surface area contributed by atoms with Crippen LogP contribution in [-0.4, -0.2) is 25.1 Å². The van der Waals surface area contributed by atoms with Crippen LogP contribution in [0.25, 0.3) is 0 Å². The molecule has 1 N–H and O–H groups in total. The molecule has 0 bridgehead atoms. The summed E-state index contributed by atoms with van der Waals surface area (Å²) < 4.78 is 23.5. The molecule has 5 nitrogen and oxygen atoms in total. The number of halogens is 1. The fraction of sp³-hybridized carbons (Fsp3) is 0.429. The van der Waals surface area contributed by atoms with Crippen molar-refractivity contribution in [2.75, 3.05) is 7.11 Å². The van der Waals surface area contributed by atoms with Crippen molar-refractivity contribution in [3.8, 4) is 5.75 Å². The van der Waals surface area contributed by atoms with E-state index in [1.807, 2.05) is 0 Å². The smallest absolute Gasteiger partial charge is 0.408 e. The van der Waals surface area contributed by atoms with E-state index in [1.54, 1.807) is 20.8 Å². The maximum Gasteiger partial charge on any atom is 0.408 e. The Labute approximate surface area is 117 Å². The molecule has 1 aromatic carbocycles. The monoisotopic (exact) mass is 283 g/mol. The van der Waals surface area contributed by atoms with Gasteiger partial charge in [-0.3, -0.25) is 0 Å². The quantitative estimate of drug-likeness (QED) is 0.863. The Hall–Kier alpha value is -2.11. The van der Waals surface area contributed by atoms with Crippen LogP contribution in [-0.2, 0) is 9.53 Å². The number of carbonyl (C=O) groups is 2. The lowest BCUT2D eigenvalue weighted by Crippen LogP contribution is -2.35. The molecule has 1 aromatic rings.